The molecule has 3 rings (SSSR count). The summed E-state index contributed by atoms with van der Waals surface area (Å²) in [5, 5.41) is 15.6. The number of carboxylic acids is 1. The summed E-state index contributed by atoms with van der Waals surface area (Å²) in [4.78, 5) is 23.6. The highest BCUT2D eigenvalue weighted by atomic mass is 32.2. The number of carbonyl (C=O) groups is 2. The van der Waals surface area contributed by atoms with Crippen LogP contribution in [0, 0.1) is 6.92 Å². The van der Waals surface area contributed by atoms with Crippen molar-refractivity contribution in [3.63, 3.8) is 0 Å². The Morgan fingerprint density at radius 2 is 1.68 bits per heavy atom. The van der Waals surface area contributed by atoms with Crippen LogP contribution >= 0.6 is 0 Å². The molecular formula is C18H16N4O5S. The van der Waals surface area contributed by atoms with Crippen LogP contribution < -0.4 is 10.0 Å². The van der Waals surface area contributed by atoms with Crippen molar-refractivity contribution < 1.29 is 23.1 Å². The molecular weight excluding hydrogens is 384 g/mol. The molecule has 1 aromatic heterocycles. The third kappa shape index (κ3) is 4.01. The lowest BCUT2D eigenvalue weighted by molar-refractivity contribution is 0.0698. The number of urea groups is 1. The number of amides is 2. The highest BCUT2D eigenvalue weighted by Gasteiger charge is 2.23. The van der Waals surface area contributed by atoms with Crippen molar-refractivity contribution in [1.29, 1.82) is 0 Å². The molecule has 0 fully saturated rings. The first kappa shape index (κ1) is 19.1. The second-order valence-electron chi connectivity index (χ2n) is 5.83. The van der Waals surface area contributed by atoms with E-state index in [-0.39, 0.29) is 16.3 Å². The Hall–Kier alpha value is -3.66. The maximum absolute atomic E-state index is 12.3. The van der Waals surface area contributed by atoms with Crippen LogP contribution in [0.5, 0.6) is 0 Å². The first-order valence-electron chi connectivity index (χ1n) is 8.05. The van der Waals surface area contributed by atoms with E-state index < -0.39 is 22.0 Å². The Morgan fingerprint density at radius 1 is 1.04 bits per heavy atom. The van der Waals surface area contributed by atoms with Crippen LogP contribution in [0.2, 0.25) is 0 Å². The maximum Gasteiger partial charge on any atom is 0.341 e. The van der Waals surface area contributed by atoms with Crippen molar-refractivity contribution in [3.8, 4) is 5.69 Å². The molecule has 9 nitrogen and oxygen atoms in total. The molecule has 0 atom stereocenters. The third-order valence-electron chi connectivity index (χ3n) is 3.79. The SMILES string of the molecule is Cc1ccc(S(=O)(=O)NC(=O)Nc2c(C(=O)O)cnn2-c2ccccc2)cc1. The Bertz CT molecular complexity index is 1120. The highest BCUT2D eigenvalue weighted by Crippen LogP contribution is 2.20. The van der Waals surface area contributed by atoms with Gasteiger partial charge in [-0.15, -0.1) is 0 Å². The van der Waals surface area contributed by atoms with Gasteiger partial charge in [-0.05, 0) is 31.2 Å². The van der Waals surface area contributed by atoms with E-state index in [1.54, 1.807) is 49.4 Å². The average Bonchev–Trinajstić information content (AvgIpc) is 3.06. The van der Waals surface area contributed by atoms with E-state index >= 15 is 0 Å². The number of aromatic nitrogens is 2. The van der Waals surface area contributed by atoms with E-state index in [4.69, 9.17) is 0 Å². The molecule has 10 heteroatoms. The second-order valence-corrected chi connectivity index (χ2v) is 7.51. The molecule has 0 bridgehead atoms. The number of aryl methyl sites for hydroxylation is 1. The van der Waals surface area contributed by atoms with E-state index in [1.165, 1.54) is 16.8 Å². The van der Waals surface area contributed by atoms with Crippen LogP contribution in [-0.2, 0) is 10.0 Å². The molecule has 28 heavy (non-hydrogen) atoms. The number of anilines is 1. The number of aromatic carboxylic acids is 1. The van der Waals surface area contributed by atoms with Crippen LogP contribution in [0.15, 0.2) is 65.7 Å². The summed E-state index contributed by atoms with van der Waals surface area (Å²) < 4.78 is 27.8. The number of nitrogens with zero attached hydrogens (tertiary/aromatic N) is 2. The van der Waals surface area contributed by atoms with Gasteiger partial charge >= 0.3 is 12.0 Å². The number of para-hydroxylation sites is 1. The highest BCUT2D eigenvalue weighted by molar-refractivity contribution is 7.90. The molecule has 0 saturated carbocycles. The molecule has 2 aromatic carbocycles. The number of hydrogen-bond donors (Lipinski definition) is 3. The summed E-state index contributed by atoms with van der Waals surface area (Å²) in [6.45, 7) is 1.80. The zero-order valence-corrected chi connectivity index (χ0v) is 15.5. The smallest absolute Gasteiger partial charge is 0.341 e. The molecule has 0 aliphatic heterocycles. The lowest BCUT2D eigenvalue weighted by atomic mass is 10.2. The largest absolute Gasteiger partial charge is 0.477 e. The van der Waals surface area contributed by atoms with E-state index in [9.17, 15) is 23.1 Å². The predicted molar refractivity (Wildman–Crippen MR) is 101 cm³/mol. The van der Waals surface area contributed by atoms with Gasteiger partial charge in [0.05, 0.1) is 16.8 Å². The molecule has 0 unspecified atom stereocenters. The lowest BCUT2D eigenvalue weighted by Gasteiger charge is -2.11. The lowest BCUT2D eigenvalue weighted by Crippen LogP contribution is -2.35. The molecule has 1 heterocycles. The Morgan fingerprint density at radius 3 is 2.29 bits per heavy atom. The Labute approximate surface area is 160 Å². The standard InChI is InChI=1S/C18H16N4O5S/c1-12-7-9-14(10-8-12)28(26,27)21-18(25)20-16-15(17(23)24)11-19-22(16)13-5-3-2-4-6-13/h2-11H,1H3,(H,23,24)(H2,20,21,25). The fourth-order valence-corrected chi connectivity index (χ4v) is 3.33. The van der Waals surface area contributed by atoms with Gasteiger partial charge in [0.1, 0.15) is 5.56 Å². The molecule has 3 N–H and O–H groups in total. The number of carbonyl (C=O) groups excluding carboxylic acids is 1. The van der Waals surface area contributed by atoms with Gasteiger partial charge in [0, 0.05) is 0 Å². The minimum atomic E-state index is -4.13. The molecule has 144 valence electrons. The third-order valence-corrected chi connectivity index (χ3v) is 5.14. The first-order valence-corrected chi connectivity index (χ1v) is 9.53. The van der Waals surface area contributed by atoms with Crippen molar-refractivity contribution in [3.05, 3.63) is 71.9 Å². The summed E-state index contributed by atoms with van der Waals surface area (Å²) >= 11 is 0. The van der Waals surface area contributed by atoms with Crippen LogP contribution in [0.4, 0.5) is 10.6 Å². The maximum atomic E-state index is 12.3. The minimum Gasteiger partial charge on any atom is -0.477 e. The van der Waals surface area contributed by atoms with E-state index in [2.05, 4.69) is 10.4 Å². The van der Waals surface area contributed by atoms with Gasteiger partial charge in [0.25, 0.3) is 10.0 Å². The quantitative estimate of drug-likeness (QED) is 0.603. The van der Waals surface area contributed by atoms with E-state index in [0.29, 0.717) is 5.69 Å². The van der Waals surface area contributed by atoms with Crippen LogP contribution in [0.3, 0.4) is 0 Å². The van der Waals surface area contributed by atoms with Crippen LogP contribution in [-0.4, -0.2) is 35.3 Å². The summed E-state index contributed by atoms with van der Waals surface area (Å²) in [5.41, 5.74) is 1.07. The summed E-state index contributed by atoms with van der Waals surface area (Å²) in [5.74, 6) is -1.49. The van der Waals surface area contributed by atoms with Crippen molar-refractivity contribution >= 4 is 27.8 Å². The summed E-state index contributed by atoms with van der Waals surface area (Å²) in [7, 11) is -4.13. The molecule has 0 radical (unpaired) electrons. The topological polar surface area (TPSA) is 130 Å². The fraction of sp³-hybridized carbons (Fsp3) is 0.0556. The average molecular weight is 400 g/mol. The minimum absolute atomic E-state index is 0.0942. The van der Waals surface area contributed by atoms with Gasteiger partial charge in [-0.1, -0.05) is 35.9 Å². The van der Waals surface area contributed by atoms with Gasteiger partial charge in [-0.2, -0.15) is 5.10 Å². The number of carboxylic acid groups (broad SMARTS) is 1. The molecule has 2 amide bonds. The van der Waals surface area contributed by atoms with Crippen molar-refractivity contribution in [1.82, 2.24) is 14.5 Å². The molecule has 0 aliphatic rings. The molecule has 0 aliphatic carbocycles. The van der Waals surface area contributed by atoms with Crippen LogP contribution in [0.1, 0.15) is 15.9 Å². The van der Waals surface area contributed by atoms with E-state index in [0.717, 1.165) is 11.8 Å². The van der Waals surface area contributed by atoms with Gasteiger partial charge in [-0.3, -0.25) is 5.32 Å². The molecule has 3 aromatic rings. The number of nitrogens with one attached hydrogen (secondary N) is 2. The zero-order chi connectivity index (χ0) is 20.3. The monoisotopic (exact) mass is 400 g/mol. The van der Waals surface area contributed by atoms with Crippen LogP contribution in [0.25, 0.3) is 5.69 Å². The van der Waals surface area contributed by atoms with Crippen molar-refractivity contribution in [2.75, 3.05) is 5.32 Å². The summed E-state index contributed by atoms with van der Waals surface area (Å²) in [6, 6.07) is 13.3. The van der Waals surface area contributed by atoms with Crippen molar-refractivity contribution in [2.24, 2.45) is 0 Å². The van der Waals surface area contributed by atoms with Gasteiger partial charge in [-0.25, -0.2) is 27.4 Å². The predicted octanol–water partition coefficient (Wildman–Crippen LogP) is 2.39. The number of benzene rings is 2. The normalized spacial score (nSPS) is 11.0. The number of rotatable bonds is 5. The second kappa shape index (κ2) is 7.53. The molecule has 0 spiro atoms. The Balaban J connectivity index is 1.88. The number of hydrogen-bond acceptors (Lipinski definition) is 5. The fourth-order valence-electron chi connectivity index (χ4n) is 2.42. The summed E-state index contributed by atoms with van der Waals surface area (Å²) in [6.07, 6.45) is 1.07. The van der Waals surface area contributed by atoms with E-state index in [1.807, 2.05) is 4.72 Å². The van der Waals surface area contributed by atoms with Gasteiger partial charge < -0.3 is 5.11 Å². The van der Waals surface area contributed by atoms with Gasteiger partial charge in [0.2, 0.25) is 0 Å². The first-order chi connectivity index (χ1) is 13.3. The number of sulfonamides is 1. The Kier molecular flexibility index (Phi) is 5.14. The molecule has 0 saturated heterocycles. The van der Waals surface area contributed by atoms with Gasteiger partial charge in [0.15, 0.2) is 5.82 Å². The van der Waals surface area contributed by atoms with Crippen molar-refractivity contribution in [2.45, 2.75) is 11.8 Å². The zero-order valence-electron chi connectivity index (χ0n) is 14.7.